The van der Waals surface area contributed by atoms with E-state index in [0.29, 0.717) is 9.32 Å². The summed E-state index contributed by atoms with van der Waals surface area (Å²) in [4.78, 5) is 0. The van der Waals surface area contributed by atoms with Crippen molar-refractivity contribution in [3.05, 3.63) is 55.7 Å². The van der Waals surface area contributed by atoms with Crippen molar-refractivity contribution in [3.8, 4) is 11.5 Å². The monoisotopic (exact) mass is 360 g/mol. The Hall–Kier alpha value is -1.30. The number of halogens is 2. The van der Waals surface area contributed by atoms with Gasteiger partial charge in [-0.2, -0.15) is 0 Å². The summed E-state index contributed by atoms with van der Waals surface area (Å²) < 4.78 is 26.3. The molecule has 2 rings (SSSR count). The van der Waals surface area contributed by atoms with E-state index in [1.807, 2.05) is 12.1 Å². The van der Waals surface area contributed by atoms with Gasteiger partial charge in [0, 0.05) is 0 Å². The van der Waals surface area contributed by atoms with Gasteiger partial charge in [-0.05, 0) is 0 Å². The molecular formula is C14H14FIO2. The van der Waals surface area contributed by atoms with Crippen LogP contribution in [0.3, 0.4) is 0 Å². The van der Waals surface area contributed by atoms with Crippen LogP contribution in [0, 0.1) is 7.14 Å². The Kier molecular flexibility index (Phi) is 4.41. The molecule has 0 atom stereocenters. The molecule has 0 fully saturated rings. The molecule has 2 aromatic rings. The summed E-state index contributed by atoms with van der Waals surface area (Å²) in [6, 6.07) is 14.4. The Bertz CT molecular complexity index is 513. The fourth-order valence-corrected chi connectivity index (χ4v) is 4.60. The standard InChI is InChI=1S/C14H14FIO2/c1-17-12-9-7-11(8-10-12)16(15)13-5-3-4-6-14(13)18-2/h3-10H,1-2H3. The van der Waals surface area contributed by atoms with Crippen molar-refractivity contribution < 1.29 is 12.3 Å². The molecule has 0 unspecified atom stereocenters. The van der Waals surface area contributed by atoms with Crippen LogP contribution in [0.25, 0.3) is 0 Å². The van der Waals surface area contributed by atoms with Crippen molar-refractivity contribution in [2.75, 3.05) is 14.2 Å². The molecule has 0 heterocycles. The third-order valence-corrected chi connectivity index (χ3v) is 6.20. The SMILES string of the molecule is COc1ccc(I(F)c2ccccc2OC)cc1. The first kappa shape index (κ1) is 13.1. The van der Waals surface area contributed by atoms with E-state index in [1.165, 1.54) is 0 Å². The van der Waals surface area contributed by atoms with Crippen LogP contribution < -0.4 is 9.47 Å². The minimum absolute atomic E-state index is 0.626. The molecule has 0 aliphatic heterocycles. The Morgan fingerprint density at radius 2 is 1.56 bits per heavy atom. The van der Waals surface area contributed by atoms with Gasteiger partial charge in [-0.15, -0.1) is 0 Å². The van der Waals surface area contributed by atoms with Gasteiger partial charge < -0.3 is 0 Å². The Balaban J connectivity index is 2.31. The second-order valence-electron chi connectivity index (χ2n) is 3.53. The van der Waals surface area contributed by atoms with Crippen molar-refractivity contribution in [2.24, 2.45) is 0 Å². The zero-order chi connectivity index (χ0) is 13.0. The first-order chi connectivity index (χ1) is 8.76. The van der Waals surface area contributed by atoms with E-state index < -0.39 is 20.4 Å². The summed E-state index contributed by atoms with van der Waals surface area (Å²) in [5.74, 6) is 1.36. The predicted octanol–water partition coefficient (Wildman–Crippen LogP) is 4.13. The van der Waals surface area contributed by atoms with E-state index in [2.05, 4.69) is 0 Å². The van der Waals surface area contributed by atoms with Gasteiger partial charge >= 0.3 is 114 Å². The molecule has 0 saturated heterocycles. The number of benzene rings is 2. The van der Waals surface area contributed by atoms with Crippen molar-refractivity contribution in [1.29, 1.82) is 0 Å². The molecule has 0 aromatic heterocycles. The van der Waals surface area contributed by atoms with Crippen LogP contribution in [-0.4, -0.2) is 14.2 Å². The van der Waals surface area contributed by atoms with Gasteiger partial charge in [0.05, 0.1) is 0 Å². The van der Waals surface area contributed by atoms with Gasteiger partial charge in [-0.3, -0.25) is 0 Å². The van der Waals surface area contributed by atoms with Gasteiger partial charge in [0.2, 0.25) is 0 Å². The fourth-order valence-electron chi connectivity index (χ4n) is 1.55. The molecule has 0 amide bonds. The van der Waals surface area contributed by atoms with Crippen molar-refractivity contribution in [2.45, 2.75) is 0 Å². The summed E-state index contributed by atoms with van der Waals surface area (Å²) in [5, 5.41) is 0. The molecule has 96 valence electrons. The van der Waals surface area contributed by atoms with E-state index in [0.717, 1.165) is 9.32 Å². The molecule has 0 saturated carbocycles. The van der Waals surface area contributed by atoms with Crippen LogP contribution in [0.1, 0.15) is 0 Å². The van der Waals surface area contributed by atoms with Crippen LogP contribution in [0.2, 0.25) is 0 Å². The summed E-state index contributed by atoms with van der Waals surface area (Å²) in [6.07, 6.45) is 0. The van der Waals surface area contributed by atoms with Crippen LogP contribution in [-0.2, 0) is 0 Å². The van der Waals surface area contributed by atoms with Gasteiger partial charge in [-0.1, -0.05) is 0 Å². The zero-order valence-corrected chi connectivity index (χ0v) is 12.3. The molecule has 0 aliphatic carbocycles. The minimum atomic E-state index is -2.88. The van der Waals surface area contributed by atoms with E-state index in [4.69, 9.17) is 9.47 Å². The third kappa shape index (κ3) is 2.75. The maximum atomic E-state index is 14.6. The molecule has 0 aliphatic rings. The van der Waals surface area contributed by atoms with Crippen LogP contribution in [0.4, 0.5) is 2.86 Å². The van der Waals surface area contributed by atoms with E-state index in [9.17, 15) is 2.86 Å². The Morgan fingerprint density at radius 3 is 2.17 bits per heavy atom. The summed E-state index contributed by atoms with van der Waals surface area (Å²) in [5.41, 5.74) is 0. The Labute approximate surface area is 114 Å². The van der Waals surface area contributed by atoms with Crippen molar-refractivity contribution in [3.63, 3.8) is 0 Å². The number of methoxy groups -OCH3 is 2. The molecule has 0 radical (unpaired) electrons. The number of para-hydroxylation sites is 1. The zero-order valence-electron chi connectivity index (χ0n) is 10.2. The quantitative estimate of drug-likeness (QED) is 0.764. The van der Waals surface area contributed by atoms with E-state index in [-0.39, 0.29) is 0 Å². The van der Waals surface area contributed by atoms with Crippen LogP contribution >= 0.6 is 20.4 Å². The molecular weight excluding hydrogens is 346 g/mol. The molecule has 0 bridgehead atoms. The van der Waals surface area contributed by atoms with Gasteiger partial charge in [0.15, 0.2) is 0 Å². The summed E-state index contributed by atoms with van der Waals surface area (Å²) in [6.45, 7) is 0. The predicted molar refractivity (Wildman–Crippen MR) is 78.5 cm³/mol. The first-order valence-electron chi connectivity index (χ1n) is 5.39. The molecule has 0 N–H and O–H groups in total. The summed E-state index contributed by atoms with van der Waals surface area (Å²) in [7, 11) is 3.16. The maximum absolute atomic E-state index is 14.6. The molecule has 4 heteroatoms. The number of ether oxygens (including phenoxy) is 2. The molecule has 18 heavy (non-hydrogen) atoms. The van der Waals surface area contributed by atoms with E-state index in [1.54, 1.807) is 50.6 Å². The fraction of sp³-hybridized carbons (Fsp3) is 0.143. The molecule has 2 aromatic carbocycles. The molecule has 2 nitrogen and oxygen atoms in total. The second kappa shape index (κ2) is 6.04. The first-order valence-corrected chi connectivity index (χ1v) is 8.37. The normalized spacial score (nSPS) is 10.9. The average Bonchev–Trinajstić information content (AvgIpc) is 2.46. The van der Waals surface area contributed by atoms with Crippen molar-refractivity contribution in [1.82, 2.24) is 0 Å². The van der Waals surface area contributed by atoms with Crippen molar-refractivity contribution >= 4 is 20.4 Å². The van der Waals surface area contributed by atoms with Crippen LogP contribution in [0.5, 0.6) is 11.5 Å². The summed E-state index contributed by atoms with van der Waals surface area (Å²) >= 11 is -2.88. The number of hydrogen-bond acceptors (Lipinski definition) is 2. The topological polar surface area (TPSA) is 18.5 Å². The number of rotatable bonds is 4. The number of hydrogen-bond donors (Lipinski definition) is 0. The third-order valence-electron chi connectivity index (χ3n) is 2.48. The van der Waals surface area contributed by atoms with Gasteiger partial charge in [0.1, 0.15) is 0 Å². The van der Waals surface area contributed by atoms with Gasteiger partial charge in [-0.25, -0.2) is 0 Å². The molecule has 0 spiro atoms. The van der Waals surface area contributed by atoms with Crippen LogP contribution in [0.15, 0.2) is 48.5 Å². The Morgan fingerprint density at radius 1 is 0.889 bits per heavy atom. The average molecular weight is 360 g/mol. The van der Waals surface area contributed by atoms with Gasteiger partial charge in [0.25, 0.3) is 0 Å². The van der Waals surface area contributed by atoms with E-state index >= 15 is 0 Å². The second-order valence-corrected chi connectivity index (χ2v) is 7.29.